The summed E-state index contributed by atoms with van der Waals surface area (Å²) >= 11 is 11.9. The van der Waals surface area contributed by atoms with Gasteiger partial charge in [-0.2, -0.15) is 5.10 Å². The number of anilines is 1. The summed E-state index contributed by atoms with van der Waals surface area (Å²) in [5.74, 6) is -0.598. The minimum Gasteiger partial charge on any atom is -0.271 e. The lowest BCUT2D eigenvalue weighted by molar-refractivity contribution is -0.119. The maximum Gasteiger partial charge on any atom is 0.264 e. The highest BCUT2D eigenvalue weighted by atomic mass is 35.5. The van der Waals surface area contributed by atoms with E-state index in [0.717, 1.165) is 9.87 Å². The molecule has 0 radical (unpaired) electrons. The molecule has 3 aromatic carbocycles. The van der Waals surface area contributed by atoms with E-state index in [9.17, 15) is 13.2 Å². The normalized spacial score (nSPS) is 11.5. The van der Waals surface area contributed by atoms with Crippen molar-refractivity contribution in [2.75, 3.05) is 10.8 Å². The third-order valence-electron chi connectivity index (χ3n) is 4.32. The van der Waals surface area contributed by atoms with Crippen molar-refractivity contribution in [1.82, 2.24) is 5.43 Å². The summed E-state index contributed by atoms with van der Waals surface area (Å²) < 4.78 is 27.6. The van der Waals surface area contributed by atoms with Crippen molar-refractivity contribution < 1.29 is 13.2 Å². The number of rotatable bonds is 7. The third-order valence-corrected chi connectivity index (χ3v) is 6.58. The van der Waals surface area contributed by atoms with Gasteiger partial charge in [0.2, 0.25) is 0 Å². The van der Waals surface area contributed by atoms with E-state index in [1.807, 2.05) is 0 Å². The molecule has 0 aliphatic carbocycles. The van der Waals surface area contributed by atoms with Gasteiger partial charge in [-0.25, -0.2) is 13.8 Å². The lowest BCUT2D eigenvalue weighted by atomic mass is 10.2. The molecule has 0 atom stereocenters. The fourth-order valence-corrected chi connectivity index (χ4v) is 4.67. The number of nitrogens with one attached hydrogen (secondary N) is 1. The molecule has 0 aromatic heterocycles. The molecule has 1 N–H and O–H groups in total. The monoisotopic (exact) mass is 475 g/mol. The first-order chi connectivity index (χ1) is 14.8. The minimum absolute atomic E-state index is 0.0711. The van der Waals surface area contributed by atoms with E-state index >= 15 is 0 Å². The molecule has 160 valence electrons. The summed E-state index contributed by atoms with van der Waals surface area (Å²) in [6, 6.07) is 19.6. The Morgan fingerprint density at radius 2 is 1.65 bits per heavy atom. The maximum atomic E-state index is 13.3. The highest BCUT2D eigenvalue weighted by Crippen LogP contribution is 2.28. The molecule has 3 aromatic rings. The Kier molecular flexibility index (Phi) is 7.33. The van der Waals surface area contributed by atoms with Gasteiger partial charge in [0.1, 0.15) is 6.54 Å². The predicted molar refractivity (Wildman–Crippen MR) is 124 cm³/mol. The number of carbonyl (C=O) groups excluding carboxylic acids is 1. The first-order valence-corrected chi connectivity index (χ1v) is 11.4. The van der Waals surface area contributed by atoms with Gasteiger partial charge in [0.05, 0.1) is 16.8 Å². The van der Waals surface area contributed by atoms with Crippen LogP contribution in [0.3, 0.4) is 0 Å². The zero-order chi connectivity index (χ0) is 22.4. The predicted octanol–water partition coefficient (Wildman–Crippen LogP) is 4.65. The average molecular weight is 476 g/mol. The third kappa shape index (κ3) is 5.85. The number of halogens is 2. The number of carbonyl (C=O) groups is 1. The zero-order valence-corrected chi connectivity index (χ0v) is 18.8. The van der Waals surface area contributed by atoms with Gasteiger partial charge in [-0.3, -0.25) is 9.10 Å². The van der Waals surface area contributed by atoms with Crippen LogP contribution in [0.25, 0.3) is 0 Å². The van der Waals surface area contributed by atoms with Gasteiger partial charge in [-0.1, -0.05) is 53.5 Å². The zero-order valence-electron chi connectivity index (χ0n) is 16.5. The number of nitrogens with zero attached hydrogens (tertiary/aromatic N) is 2. The van der Waals surface area contributed by atoms with Crippen LogP contribution in [0.2, 0.25) is 10.0 Å². The van der Waals surface area contributed by atoms with E-state index in [1.165, 1.54) is 18.3 Å². The van der Waals surface area contributed by atoms with Crippen LogP contribution in [0.15, 0.2) is 82.8 Å². The van der Waals surface area contributed by atoms with E-state index in [4.69, 9.17) is 23.2 Å². The highest BCUT2D eigenvalue weighted by molar-refractivity contribution is 7.92. The Bertz CT molecular complexity index is 1200. The number of hydrogen-bond acceptors (Lipinski definition) is 4. The molecule has 0 fully saturated rings. The molecule has 0 saturated carbocycles. The van der Waals surface area contributed by atoms with Gasteiger partial charge in [-0.15, -0.1) is 0 Å². The summed E-state index contributed by atoms with van der Waals surface area (Å²) in [5.41, 5.74) is 4.06. The SMILES string of the molecule is Cc1cc(Cl)ccc1N(CC(=O)N/N=C\c1ccc(Cl)cc1)S(=O)(=O)c1ccccc1. The molecular formula is C22H19Cl2N3O3S. The van der Waals surface area contributed by atoms with Crippen molar-refractivity contribution >= 4 is 51.0 Å². The van der Waals surface area contributed by atoms with Crippen LogP contribution >= 0.6 is 23.2 Å². The summed E-state index contributed by atoms with van der Waals surface area (Å²) in [6.45, 7) is 1.27. The Morgan fingerprint density at radius 3 is 2.29 bits per heavy atom. The second kappa shape index (κ2) is 9.96. The van der Waals surface area contributed by atoms with Gasteiger partial charge in [0, 0.05) is 10.0 Å². The molecule has 0 spiro atoms. The lowest BCUT2D eigenvalue weighted by Crippen LogP contribution is -2.40. The van der Waals surface area contributed by atoms with Crippen LogP contribution in [-0.2, 0) is 14.8 Å². The number of hydrazone groups is 1. The highest BCUT2D eigenvalue weighted by Gasteiger charge is 2.28. The summed E-state index contributed by atoms with van der Waals surface area (Å²) in [7, 11) is -4.00. The first kappa shape index (κ1) is 22.8. The molecule has 6 nitrogen and oxygen atoms in total. The Hall–Kier alpha value is -2.87. The molecule has 0 aliphatic rings. The van der Waals surface area contributed by atoms with E-state index < -0.39 is 22.5 Å². The summed E-state index contributed by atoms with van der Waals surface area (Å²) in [4.78, 5) is 12.6. The number of amides is 1. The minimum atomic E-state index is -4.00. The molecule has 0 saturated heterocycles. The molecule has 0 aliphatic heterocycles. The van der Waals surface area contributed by atoms with E-state index in [1.54, 1.807) is 67.6 Å². The van der Waals surface area contributed by atoms with Gasteiger partial charge < -0.3 is 0 Å². The van der Waals surface area contributed by atoms with Crippen LogP contribution in [0.1, 0.15) is 11.1 Å². The molecule has 9 heteroatoms. The smallest absolute Gasteiger partial charge is 0.264 e. The van der Waals surface area contributed by atoms with Gasteiger partial charge >= 0.3 is 0 Å². The summed E-state index contributed by atoms with van der Waals surface area (Å²) in [6.07, 6.45) is 1.44. The van der Waals surface area contributed by atoms with Gasteiger partial charge in [0.15, 0.2) is 0 Å². The largest absolute Gasteiger partial charge is 0.271 e. The Labute approximate surface area is 191 Å². The molecule has 3 rings (SSSR count). The standard InChI is InChI=1S/C22H19Cl2N3O3S/c1-16-13-19(24)11-12-21(16)27(31(29,30)20-5-3-2-4-6-20)15-22(28)26-25-14-17-7-9-18(23)10-8-17/h2-14H,15H2,1H3,(H,26,28)/b25-14-. The van der Waals surface area contributed by atoms with Crippen LogP contribution in [0.5, 0.6) is 0 Å². The van der Waals surface area contributed by atoms with Crippen molar-refractivity contribution in [3.05, 3.63) is 94.0 Å². The molecule has 0 unspecified atom stereocenters. The molecule has 1 amide bonds. The van der Waals surface area contributed by atoms with Crippen LogP contribution in [0.4, 0.5) is 5.69 Å². The number of hydrogen-bond donors (Lipinski definition) is 1. The first-order valence-electron chi connectivity index (χ1n) is 9.19. The quantitative estimate of drug-likeness (QED) is 0.399. The van der Waals surface area contributed by atoms with Crippen molar-refractivity contribution in [3.63, 3.8) is 0 Å². The van der Waals surface area contributed by atoms with Crippen molar-refractivity contribution in [2.45, 2.75) is 11.8 Å². The van der Waals surface area contributed by atoms with Crippen LogP contribution in [0, 0.1) is 6.92 Å². The Morgan fingerprint density at radius 1 is 1.00 bits per heavy atom. The van der Waals surface area contributed by atoms with Crippen molar-refractivity contribution in [1.29, 1.82) is 0 Å². The summed E-state index contributed by atoms with van der Waals surface area (Å²) in [5, 5.41) is 4.95. The lowest BCUT2D eigenvalue weighted by Gasteiger charge is -2.25. The number of sulfonamides is 1. The fourth-order valence-electron chi connectivity index (χ4n) is 2.81. The van der Waals surface area contributed by atoms with E-state index in [0.29, 0.717) is 21.3 Å². The van der Waals surface area contributed by atoms with E-state index in [2.05, 4.69) is 10.5 Å². The average Bonchev–Trinajstić information content (AvgIpc) is 2.74. The van der Waals surface area contributed by atoms with Crippen LogP contribution in [-0.4, -0.2) is 27.1 Å². The van der Waals surface area contributed by atoms with E-state index in [-0.39, 0.29) is 4.90 Å². The van der Waals surface area contributed by atoms with Gasteiger partial charge in [0.25, 0.3) is 15.9 Å². The van der Waals surface area contributed by atoms with Crippen molar-refractivity contribution in [2.24, 2.45) is 5.10 Å². The topological polar surface area (TPSA) is 78.8 Å². The Balaban J connectivity index is 1.86. The number of benzene rings is 3. The molecule has 0 heterocycles. The molecular weight excluding hydrogens is 457 g/mol. The fraction of sp³-hybridized carbons (Fsp3) is 0.0909. The number of aryl methyl sites for hydroxylation is 1. The molecule has 0 bridgehead atoms. The van der Waals surface area contributed by atoms with Gasteiger partial charge in [-0.05, 0) is 60.5 Å². The second-order valence-corrected chi connectivity index (χ2v) is 9.34. The van der Waals surface area contributed by atoms with Crippen molar-refractivity contribution in [3.8, 4) is 0 Å². The van der Waals surface area contributed by atoms with Crippen LogP contribution < -0.4 is 9.73 Å². The second-order valence-electron chi connectivity index (χ2n) is 6.60. The maximum absolute atomic E-state index is 13.3. The molecule has 31 heavy (non-hydrogen) atoms.